The summed E-state index contributed by atoms with van der Waals surface area (Å²) in [6.45, 7) is 0.761. The normalized spacial score (nSPS) is 14.7. The minimum atomic E-state index is -0.0643. The Morgan fingerprint density at radius 3 is 2.78 bits per heavy atom. The first kappa shape index (κ1) is 11.0. The van der Waals surface area contributed by atoms with Gasteiger partial charge >= 0.3 is 0 Å². The number of nitrogens with one attached hydrogen (secondary N) is 1. The van der Waals surface area contributed by atoms with Crippen molar-refractivity contribution in [2.75, 3.05) is 12.3 Å². The summed E-state index contributed by atoms with van der Waals surface area (Å²) in [5.74, 6) is 1.07. The zero-order chi connectivity index (χ0) is 12.5. The van der Waals surface area contributed by atoms with Gasteiger partial charge in [0.25, 0.3) is 5.91 Å². The lowest BCUT2D eigenvalue weighted by molar-refractivity contribution is 0.0953. The molecule has 4 heteroatoms. The Morgan fingerprint density at radius 2 is 2.06 bits per heavy atom. The standard InChI is InChI=1S/C14H15N3O/c15-13-11-4-2-1-3-10(11)12(8-16-13)14(18)17-7-9-5-6-9/h1-4,8-9H,5-7H2,(H2,15,16)(H,17,18). The van der Waals surface area contributed by atoms with E-state index in [2.05, 4.69) is 10.3 Å². The molecule has 1 fully saturated rings. The van der Waals surface area contributed by atoms with E-state index in [9.17, 15) is 4.79 Å². The van der Waals surface area contributed by atoms with Crippen LogP contribution in [0.25, 0.3) is 10.8 Å². The van der Waals surface area contributed by atoms with Gasteiger partial charge in [0.05, 0.1) is 5.56 Å². The lowest BCUT2D eigenvalue weighted by Crippen LogP contribution is -2.26. The minimum absolute atomic E-state index is 0.0643. The van der Waals surface area contributed by atoms with Crippen LogP contribution in [0, 0.1) is 5.92 Å². The molecule has 3 rings (SSSR count). The molecule has 0 bridgehead atoms. The molecule has 1 aromatic carbocycles. The van der Waals surface area contributed by atoms with E-state index in [0.29, 0.717) is 17.3 Å². The predicted molar refractivity (Wildman–Crippen MR) is 71.2 cm³/mol. The van der Waals surface area contributed by atoms with E-state index < -0.39 is 0 Å². The Morgan fingerprint density at radius 1 is 1.33 bits per heavy atom. The number of hydrogen-bond acceptors (Lipinski definition) is 3. The highest BCUT2D eigenvalue weighted by Gasteiger charge is 2.22. The first-order valence-electron chi connectivity index (χ1n) is 6.17. The number of pyridine rings is 1. The first-order valence-corrected chi connectivity index (χ1v) is 6.17. The van der Waals surface area contributed by atoms with Gasteiger partial charge in [0.2, 0.25) is 0 Å². The second kappa shape index (κ2) is 4.29. The Bertz CT molecular complexity index is 605. The third-order valence-corrected chi connectivity index (χ3v) is 3.32. The number of rotatable bonds is 3. The molecule has 1 aliphatic rings. The van der Waals surface area contributed by atoms with Gasteiger partial charge in [-0.05, 0) is 24.1 Å². The molecule has 0 saturated heterocycles. The number of nitrogens with zero attached hydrogens (tertiary/aromatic N) is 1. The van der Waals surface area contributed by atoms with E-state index in [0.717, 1.165) is 17.3 Å². The number of hydrogen-bond donors (Lipinski definition) is 2. The van der Waals surface area contributed by atoms with Crippen molar-refractivity contribution in [3.8, 4) is 0 Å². The van der Waals surface area contributed by atoms with Crippen LogP contribution in [0.3, 0.4) is 0 Å². The van der Waals surface area contributed by atoms with Crippen molar-refractivity contribution in [2.45, 2.75) is 12.8 Å². The number of carbonyl (C=O) groups excluding carboxylic acids is 1. The topological polar surface area (TPSA) is 68.0 Å². The summed E-state index contributed by atoms with van der Waals surface area (Å²) in [6.07, 6.45) is 4.00. The molecule has 0 spiro atoms. The van der Waals surface area contributed by atoms with Crippen LogP contribution in [0.5, 0.6) is 0 Å². The maximum absolute atomic E-state index is 12.1. The summed E-state index contributed by atoms with van der Waals surface area (Å²) in [5.41, 5.74) is 6.41. The number of amides is 1. The van der Waals surface area contributed by atoms with E-state index in [1.165, 1.54) is 12.8 Å². The van der Waals surface area contributed by atoms with E-state index in [4.69, 9.17) is 5.73 Å². The van der Waals surface area contributed by atoms with E-state index in [-0.39, 0.29) is 5.91 Å². The smallest absolute Gasteiger partial charge is 0.253 e. The molecule has 18 heavy (non-hydrogen) atoms. The van der Waals surface area contributed by atoms with Crippen molar-refractivity contribution >= 4 is 22.5 Å². The summed E-state index contributed by atoms with van der Waals surface area (Å²) in [6, 6.07) is 7.58. The third kappa shape index (κ3) is 2.01. The Balaban J connectivity index is 1.95. The molecule has 3 N–H and O–H groups in total. The van der Waals surface area contributed by atoms with Crippen LogP contribution in [0.1, 0.15) is 23.2 Å². The Hall–Kier alpha value is -2.10. The Labute approximate surface area is 105 Å². The molecule has 0 unspecified atom stereocenters. The first-order chi connectivity index (χ1) is 8.75. The number of anilines is 1. The quantitative estimate of drug-likeness (QED) is 0.863. The van der Waals surface area contributed by atoms with Gasteiger partial charge in [0, 0.05) is 18.1 Å². The fraction of sp³-hybridized carbons (Fsp3) is 0.286. The lowest BCUT2D eigenvalue weighted by atomic mass is 10.1. The highest BCUT2D eigenvalue weighted by molar-refractivity contribution is 6.08. The molecular weight excluding hydrogens is 226 g/mol. The van der Waals surface area contributed by atoms with Crippen molar-refractivity contribution in [1.29, 1.82) is 0 Å². The zero-order valence-electron chi connectivity index (χ0n) is 10.0. The van der Waals surface area contributed by atoms with E-state index in [1.54, 1.807) is 6.20 Å². The van der Waals surface area contributed by atoms with Gasteiger partial charge in [-0.3, -0.25) is 4.79 Å². The summed E-state index contributed by atoms with van der Waals surface area (Å²) >= 11 is 0. The third-order valence-electron chi connectivity index (χ3n) is 3.32. The van der Waals surface area contributed by atoms with Gasteiger partial charge in [0.1, 0.15) is 5.82 Å². The molecule has 92 valence electrons. The molecule has 4 nitrogen and oxygen atoms in total. The van der Waals surface area contributed by atoms with Gasteiger partial charge < -0.3 is 11.1 Å². The van der Waals surface area contributed by atoms with Crippen molar-refractivity contribution in [1.82, 2.24) is 10.3 Å². The van der Waals surface area contributed by atoms with Crippen molar-refractivity contribution < 1.29 is 4.79 Å². The molecular formula is C14H15N3O. The molecule has 1 aliphatic carbocycles. The molecule has 1 heterocycles. The monoisotopic (exact) mass is 241 g/mol. The van der Waals surface area contributed by atoms with Crippen LogP contribution < -0.4 is 11.1 Å². The van der Waals surface area contributed by atoms with Gasteiger partial charge in [-0.2, -0.15) is 0 Å². The highest BCUT2D eigenvalue weighted by Crippen LogP contribution is 2.28. The fourth-order valence-corrected chi connectivity index (χ4v) is 2.05. The lowest BCUT2D eigenvalue weighted by Gasteiger charge is -2.08. The van der Waals surface area contributed by atoms with Crippen molar-refractivity contribution in [3.05, 3.63) is 36.0 Å². The highest BCUT2D eigenvalue weighted by atomic mass is 16.1. The molecule has 1 aromatic heterocycles. The maximum Gasteiger partial charge on any atom is 0.253 e. The average molecular weight is 241 g/mol. The van der Waals surface area contributed by atoms with E-state index in [1.807, 2.05) is 24.3 Å². The zero-order valence-corrected chi connectivity index (χ0v) is 10.0. The largest absolute Gasteiger partial charge is 0.383 e. The number of nitrogens with two attached hydrogens (primary N) is 1. The number of fused-ring (bicyclic) bond motifs is 1. The summed E-state index contributed by atoms with van der Waals surface area (Å²) < 4.78 is 0. The van der Waals surface area contributed by atoms with E-state index >= 15 is 0 Å². The average Bonchev–Trinajstić information content (AvgIpc) is 3.21. The summed E-state index contributed by atoms with van der Waals surface area (Å²) in [4.78, 5) is 16.2. The number of aromatic nitrogens is 1. The molecule has 0 aliphatic heterocycles. The van der Waals surface area contributed by atoms with Crippen molar-refractivity contribution in [2.24, 2.45) is 5.92 Å². The second-order valence-corrected chi connectivity index (χ2v) is 4.76. The van der Waals surface area contributed by atoms with Crippen LogP contribution in [0.15, 0.2) is 30.5 Å². The summed E-state index contributed by atoms with van der Waals surface area (Å²) in [5, 5.41) is 4.64. The molecule has 2 aromatic rings. The fourth-order valence-electron chi connectivity index (χ4n) is 2.05. The van der Waals surface area contributed by atoms with Gasteiger partial charge in [-0.25, -0.2) is 4.98 Å². The SMILES string of the molecule is Nc1ncc(C(=O)NCC2CC2)c2ccccc12. The minimum Gasteiger partial charge on any atom is -0.383 e. The van der Waals surface area contributed by atoms with Crippen LogP contribution in [0.2, 0.25) is 0 Å². The second-order valence-electron chi connectivity index (χ2n) is 4.76. The summed E-state index contributed by atoms with van der Waals surface area (Å²) in [7, 11) is 0. The molecule has 1 saturated carbocycles. The van der Waals surface area contributed by atoms with Gasteiger partial charge in [-0.15, -0.1) is 0 Å². The molecule has 0 radical (unpaired) electrons. The Kier molecular flexibility index (Phi) is 2.63. The molecule has 0 atom stereocenters. The predicted octanol–water partition coefficient (Wildman–Crippen LogP) is 1.96. The van der Waals surface area contributed by atoms with Crippen molar-refractivity contribution in [3.63, 3.8) is 0 Å². The van der Waals surface area contributed by atoms with Crippen LogP contribution >= 0.6 is 0 Å². The number of nitrogen functional groups attached to an aromatic ring is 1. The van der Waals surface area contributed by atoms with Crippen LogP contribution in [-0.2, 0) is 0 Å². The number of carbonyl (C=O) groups is 1. The molecule has 1 amide bonds. The van der Waals surface area contributed by atoms with Gasteiger partial charge in [-0.1, -0.05) is 24.3 Å². The van der Waals surface area contributed by atoms with Gasteiger partial charge in [0.15, 0.2) is 0 Å². The van der Waals surface area contributed by atoms with Crippen LogP contribution in [0.4, 0.5) is 5.82 Å². The number of benzene rings is 1. The van der Waals surface area contributed by atoms with Crippen LogP contribution in [-0.4, -0.2) is 17.4 Å². The maximum atomic E-state index is 12.1.